The molecule has 1 heterocycles. The predicted octanol–water partition coefficient (Wildman–Crippen LogP) is 5.20. The van der Waals surface area contributed by atoms with Gasteiger partial charge in [0.2, 0.25) is 5.91 Å². The first-order chi connectivity index (χ1) is 16.7. The van der Waals surface area contributed by atoms with Crippen LogP contribution in [0.25, 0.3) is 17.1 Å². The van der Waals surface area contributed by atoms with E-state index in [0.717, 1.165) is 16.8 Å². The Hall–Kier alpha value is -4.18. The van der Waals surface area contributed by atoms with Crippen LogP contribution in [0.4, 0.5) is 11.4 Å². The first-order valence-corrected chi connectivity index (χ1v) is 11.7. The Morgan fingerprint density at radius 2 is 1.83 bits per heavy atom. The van der Waals surface area contributed by atoms with E-state index < -0.39 is 4.92 Å². The van der Waals surface area contributed by atoms with Gasteiger partial charge in [-0.2, -0.15) is 0 Å². The van der Waals surface area contributed by atoms with Crippen LogP contribution in [-0.2, 0) is 4.79 Å². The van der Waals surface area contributed by atoms with E-state index in [0.29, 0.717) is 27.8 Å². The second kappa shape index (κ2) is 9.98. The fourth-order valence-electron chi connectivity index (χ4n) is 3.69. The van der Waals surface area contributed by atoms with E-state index in [1.54, 1.807) is 43.3 Å². The molecule has 178 valence electrons. The van der Waals surface area contributed by atoms with Gasteiger partial charge in [0, 0.05) is 17.3 Å². The zero-order valence-electron chi connectivity index (χ0n) is 19.3. The zero-order chi connectivity index (χ0) is 25.1. The lowest BCUT2D eigenvalue weighted by Crippen LogP contribution is -2.15. The van der Waals surface area contributed by atoms with E-state index in [1.165, 1.54) is 17.8 Å². The zero-order valence-corrected chi connectivity index (χ0v) is 20.2. The van der Waals surface area contributed by atoms with Gasteiger partial charge in [-0.3, -0.25) is 19.5 Å². The Morgan fingerprint density at radius 3 is 2.54 bits per heavy atom. The molecule has 0 aliphatic heterocycles. The van der Waals surface area contributed by atoms with Crippen molar-refractivity contribution in [2.75, 3.05) is 11.1 Å². The third-order valence-electron chi connectivity index (χ3n) is 5.39. The van der Waals surface area contributed by atoms with E-state index in [9.17, 15) is 20.0 Å². The molecule has 35 heavy (non-hydrogen) atoms. The number of hydrogen-bond acceptors (Lipinski definition) is 7. The first-order valence-electron chi connectivity index (χ1n) is 10.7. The fourth-order valence-corrected chi connectivity index (χ4v) is 4.43. The third kappa shape index (κ3) is 5.17. The van der Waals surface area contributed by atoms with Gasteiger partial charge >= 0.3 is 0 Å². The van der Waals surface area contributed by atoms with Crippen LogP contribution in [0, 0.1) is 30.9 Å². The summed E-state index contributed by atoms with van der Waals surface area (Å²) in [5.41, 5.74) is 4.24. The summed E-state index contributed by atoms with van der Waals surface area (Å²) in [6.07, 6.45) is 0. The van der Waals surface area contributed by atoms with Crippen molar-refractivity contribution >= 4 is 29.0 Å². The number of aromatic hydroxyl groups is 1. The quantitative estimate of drug-likeness (QED) is 0.208. The molecular weight excluding hydrogens is 466 g/mol. The maximum atomic E-state index is 12.6. The molecule has 4 rings (SSSR count). The molecule has 0 bridgehead atoms. The molecule has 0 unspecified atom stereocenters. The summed E-state index contributed by atoms with van der Waals surface area (Å²) in [6.45, 7) is 5.62. The Kier molecular flexibility index (Phi) is 6.83. The van der Waals surface area contributed by atoms with Gasteiger partial charge in [0.05, 0.1) is 21.9 Å². The number of rotatable bonds is 7. The highest BCUT2D eigenvalue weighted by Crippen LogP contribution is 2.34. The standard InChI is InChI=1S/C25H23N5O4S/c1-15-8-11-20(17(3)12-15)29-24(19-6-4-5-7-22(19)31)27-28-25(29)35-14-23(32)26-18-10-9-16(2)21(13-18)30(33)34/h4-13,31H,14H2,1-3H3,(H,26,32). The van der Waals surface area contributed by atoms with Crippen molar-refractivity contribution in [1.29, 1.82) is 0 Å². The van der Waals surface area contributed by atoms with Gasteiger partial charge in [0.1, 0.15) is 5.75 Å². The number of phenols is 1. The smallest absolute Gasteiger partial charge is 0.274 e. The van der Waals surface area contributed by atoms with Crippen molar-refractivity contribution in [3.8, 4) is 22.8 Å². The average Bonchev–Trinajstić information content (AvgIpc) is 3.22. The first kappa shape index (κ1) is 24.0. The Labute approximate surface area is 206 Å². The van der Waals surface area contributed by atoms with Gasteiger partial charge in [-0.25, -0.2) is 0 Å². The number of para-hydroxylation sites is 1. The molecule has 0 aliphatic carbocycles. The molecule has 1 aromatic heterocycles. The molecule has 0 atom stereocenters. The largest absolute Gasteiger partial charge is 0.507 e. The van der Waals surface area contributed by atoms with E-state index in [1.807, 2.05) is 36.6 Å². The number of phenolic OH excluding ortho intramolecular Hbond substituents is 1. The van der Waals surface area contributed by atoms with E-state index in [-0.39, 0.29) is 23.1 Å². The molecule has 1 amide bonds. The molecule has 0 saturated carbocycles. The van der Waals surface area contributed by atoms with Crippen LogP contribution in [-0.4, -0.2) is 36.5 Å². The van der Waals surface area contributed by atoms with Crippen molar-refractivity contribution in [2.24, 2.45) is 0 Å². The molecule has 0 spiro atoms. The lowest BCUT2D eigenvalue weighted by atomic mass is 10.1. The maximum Gasteiger partial charge on any atom is 0.274 e. The number of nitrogens with one attached hydrogen (secondary N) is 1. The normalized spacial score (nSPS) is 10.8. The molecule has 0 fully saturated rings. The van der Waals surface area contributed by atoms with Crippen molar-refractivity contribution < 1.29 is 14.8 Å². The average molecular weight is 490 g/mol. The summed E-state index contributed by atoms with van der Waals surface area (Å²) < 4.78 is 1.82. The van der Waals surface area contributed by atoms with Crippen LogP contribution in [0.5, 0.6) is 5.75 Å². The number of amides is 1. The number of aryl methyl sites for hydroxylation is 3. The van der Waals surface area contributed by atoms with Gasteiger partial charge in [-0.1, -0.05) is 47.7 Å². The van der Waals surface area contributed by atoms with E-state index in [2.05, 4.69) is 15.5 Å². The van der Waals surface area contributed by atoms with Crippen molar-refractivity contribution in [3.05, 3.63) is 87.5 Å². The summed E-state index contributed by atoms with van der Waals surface area (Å²) in [6, 6.07) is 17.4. The number of hydrogen-bond donors (Lipinski definition) is 2. The van der Waals surface area contributed by atoms with Gasteiger partial charge in [0.15, 0.2) is 11.0 Å². The molecule has 0 aliphatic rings. The maximum absolute atomic E-state index is 12.6. The number of anilines is 1. The number of nitro benzene ring substituents is 1. The Balaban J connectivity index is 1.63. The third-order valence-corrected chi connectivity index (χ3v) is 6.32. The number of nitro groups is 1. The topological polar surface area (TPSA) is 123 Å². The molecular formula is C25H23N5O4S. The highest BCUT2D eigenvalue weighted by atomic mass is 32.2. The number of nitrogens with zero attached hydrogens (tertiary/aromatic N) is 4. The monoisotopic (exact) mass is 489 g/mol. The summed E-state index contributed by atoms with van der Waals surface area (Å²) in [7, 11) is 0. The van der Waals surface area contributed by atoms with Crippen molar-refractivity contribution in [2.45, 2.75) is 25.9 Å². The molecule has 0 saturated heterocycles. The van der Waals surface area contributed by atoms with E-state index in [4.69, 9.17) is 0 Å². The predicted molar refractivity (Wildman–Crippen MR) is 135 cm³/mol. The van der Waals surface area contributed by atoms with Gasteiger partial charge < -0.3 is 10.4 Å². The van der Waals surface area contributed by atoms with Gasteiger partial charge in [0.25, 0.3) is 5.69 Å². The van der Waals surface area contributed by atoms with Crippen LogP contribution in [0.2, 0.25) is 0 Å². The SMILES string of the molecule is Cc1ccc(-n2c(SCC(=O)Nc3ccc(C)c([N+](=O)[O-])c3)nnc2-c2ccccc2O)c(C)c1. The minimum atomic E-state index is -0.480. The number of benzene rings is 3. The highest BCUT2D eigenvalue weighted by molar-refractivity contribution is 7.99. The van der Waals surface area contributed by atoms with Crippen LogP contribution < -0.4 is 5.32 Å². The van der Waals surface area contributed by atoms with Crippen LogP contribution in [0.1, 0.15) is 16.7 Å². The molecule has 4 aromatic rings. The van der Waals surface area contributed by atoms with Gasteiger partial charge in [-0.05, 0) is 50.6 Å². The molecule has 9 nitrogen and oxygen atoms in total. The number of carbonyl (C=O) groups excluding carboxylic acids is 1. The molecule has 10 heteroatoms. The van der Waals surface area contributed by atoms with Crippen LogP contribution >= 0.6 is 11.8 Å². The summed E-state index contributed by atoms with van der Waals surface area (Å²) >= 11 is 1.18. The molecule has 0 radical (unpaired) electrons. The Morgan fingerprint density at radius 1 is 1.06 bits per heavy atom. The second-order valence-electron chi connectivity index (χ2n) is 8.04. The minimum Gasteiger partial charge on any atom is -0.507 e. The number of aromatic nitrogens is 3. The highest BCUT2D eigenvalue weighted by Gasteiger charge is 2.21. The Bertz CT molecular complexity index is 1430. The second-order valence-corrected chi connectivity index (χ2v) is 8.99. The lowest BCUT2D eigenvalue weighted by Gasteiger charge is -2.14. The lowest BCUT2D eigenvalue weighted by molar-refractivity contribution is -0.385. The molecule has 3 aromatic carbocycles. The fraction of sp³-hybridized carbons (Fsp3) is 0.160. The van der Waals surface area contributed by atoms with Gasteiger partial charge in [-0.15, -0.1) is 10.2 Å². The summed E-state index contributed by atoms with van der Waals surface area (Å²) in [4.78, 5) is 23.4. The summed E-state index contributed by atoms with van der Waals surface area (Å²) in [5, 5.41) is 33.4. The summed E-state index contributed by atoms with van der Waals surface area (Å²) in [5.74, 6) is 0.187. The minimum absolute atomic E-state index is 0.00544. The van der Waals surface area contributed by atoms with Crippen LogP contribution in [0.3, 0.4) is 0 Å². The van der Waals surface area contributed by atoms with Crippen molar-refractivity contribution in [1.82, 2.24) is 14.8 Å². The van der Waals surface area contributed by atoms with Crippen LogP contribution in [0.15, 0.2) is 65.8 Å². The van der Waals surface area contributed by atoms with Crippen molar-refractivity contribution in [3.63, 3.8) is 0 Å². The molecule has 2 N–H and O–H groups in total. The number of carbonyl (C=O) groups is 1. The number of thioether (sulfide) groups is 1. The van der Waals surface area contributed by atoms with E-state index >= 15 is 0 Å².